The van der Waals surface area contributed by atoms with E-state index >= 15 is 0 Å². The molecule has 10 aromatic carbocycles. The van der Waals surface area contributed by atoms with Crippen molar-refractivity contribution < 1.29 is 4.42 Å². The average molecular weight is 806 g/mol. The third-order valence-electron chi connectivity index (χ3n) is 13.3. The first-order valence-electron chi connectivity index (χ1n) is 21.8. The molecule has 12 rings (SSSR count). The summed E-state index contributed by atoms with van der Waals surface area (Å²) < 4.78 is 6.31. The summed E-state index contributed by atoms with van der Waals surface area (Å²) in [7, 11) is 0. The molecule has 0 bridgehead atoms. The molecule has 2 heteroatoms. The van der Waals surface area contributed by atoms with Gasteiger partial charge in [-0.05, 0) is 127 Å². The van der Waals surface area contributed by atoms with Crippen molar-refractivity contribution in [3.63, 3.8) is 0 Å². The van der Waals surface area contributed by atoms with Crippen molar-refractivity contribution in [1.29, 1.82) is 0 Å². The van der Waals surface area contributed by atoms with Crippen molar-refractivity contribution in [2.24, 2.45) is 0 Å². The van der Waals surface area contributed by atoms with Gasteiger partial charge in [-0.15, -0.1) is 0 Å². The molecule has 11 aromatic rings. The highest BCUT2D eigenvalue weighted by Crippen LogP contribution is 2.52. The fraction of sp³-hybridized carbons (Fsp3) is 0.0492. The molecule has 1 aliphatic rings. The van der Waals surface area contributed by atoms with Crippen LogP contribution in [-0.2, 0) is 5.41 Å². The summed E-state index contributed by atoms with van der Waals surface area (Å²) in [5.74, 6) is 0. The Morgan fingerprint density at radius 2 is 0.794 bits per heavy atom. The zero-order valence-corrected chi connectivity index (χ0v) is 35.2. The predicted octanol–water partition coefficient (Wildman–Crippen LogP) is 17.2. The van der Waals surface area contributed by atoms with Crippen LogP contribution >= 0.6 is 0 Å². The van der Waals surface area contributed by atoms with Gasteiger partial charge < -0.3 is 9.32 Å². The second kappa shape index (κ2) is 14.6. The quantitative estimate of drug-likeness (QED) is 0.160. The van der Waals surface area contributed by atoms with Crippen molar-refractivity contribution in [2.45, 2.75) is 19.3 Å². The van der Waals surface area contributed by atoms with Crippen LogP contribution in [0.2, 0.25) is 0 Å². The molecule has 0 aliphatic heterocycles. The van der Waals surface area contributed by atoms with E-state index in [-0.39, 0.29) is 5.41 Å². The summed E-state index contributed by atoms with van der Waals surface area (Å²) in [4.78, 5) is 2.45. The minimum absolute atomic E-state index is 0.235. The molecule has 0 radical (unpaired) electrons. The minimum atomic E-state index is -0.235. The lowest BCUT2D eigenvalue weighted by Gasteiger charge is -2.29. The molecule has 0 N–H and O–H groups in total. The molecule has 0 fully saturated rings. The van der Waals surface area contributed by atoms with Gasteiger partial charge in [0.2, 0.25) is 0 Å². The zero-order chi connectivity index (χ0) is 42.1. The lowest BCUT2D eigenvalue weighted by atomic mass is 9.81. The number of rotatable bonds is 7. The van der Waals surface area contributed by atoms with Crippen LogP contribution in [0, 0.1) is 0 Å². The zero-order valence-electron chi connectivity index (χ0n) is 35.2. The molecule has 0 atom stereocenters. The first-order chi connectivity index (χ1) is 31.0. The van der Waals surface area contributed by atoms with Crippen molar-refractivity contribution in [3.8, 4) is 55.6 Å². The molecule has 63 heavy (non-hydrogen) atoms. The van der Waals surface area contributed by atoms with E-state index in [1.165, 1.54) is 72.0 Å². The SMILES string of the molecule is CC1(C)c2cc(-c3ccc4c(c3)oc3ccccc34)ccc2-c2ccc(N(c3ccc(-c4ccc(-c5ccccc5)cc4)cc3)c3ccc(-c4ccccc4)c4ccccc34)cc21. The van der Waals surface area contributed by atoms with Gasteiger partial charge in [0.25, 0.3) is 0 Å². The maximum atomic E-state index is 6.31. The molecular weight excluding hydrogens is 763 g/mol. The molecular formula is C61H43NO. The Labute approximate surface area is 368 Å². The lowest BCUT2D eigenvalue weighted by molar-refractivity contribution is 0.660. The third-order valence-corrected chi connectivity index (χ3v) is 13.3. The molecule has 2 nitrogen and oxygen atoms in total. The molecule has 0 saturated carbocycles. The van der Waals surface area contributed by atoms with E-state index in [1.807, 2.05) is 12.1 Å². The maximum Gasteiger partial charge on any atom is 0.136 e. The Hall–Kier alpha value is -7.94. The summed E-state index contributed by atoms with van der Waals surface area (Å²) in [5, 5.41) is 4.73. The Morgan fingerprint density at radius 1 is 0.317 bits per heavy atom. The molecule has 0 saturated heterocycles. The summed E-state index contributed by atoms with van der Waals surface area (Å²) in [6.45, 7) is 4.75. The number of hydrogen-bond acceptors (Lipinski definition) is 2. The number of fused-ring (bicyclic) bond motifs is 7. The fourth-order valence-electron chi connectivity index (χ4n) is 10.0. The van der Waals surface area contributed by atoms with Crippen molar-refractivity contribution in [1.82, 2.24) is 0 Å². The van der Waals surface area contributed by atoms with Crippen LogP contribution in [0.25, 0.3) is 88.3 Å². The van der Waals surface area contributed by atoms with Crippen LogP contribution in [0.1, 0.15) is 25.0 Å². The number of furan rings is 1. The van der Waals surface area contributed by atoms with E-state index in [2.05, 4.69) is 231 Å². The van der Waals surface area contributed by atoms with Gasteiger partial charge in [-0.1, -0.05) is 184 Å². The van der Waals surface area contributed by atoms with Crippen LogP contribution in [0.3, 0.4) is 0 Å². The van der Waals surface area contributed by atoms with Gasteiger partial charge in [-0.25, -0.2) is 0 Å². The Balaban J connectivity index is 0.957. The fourth-order valence-corrected chi connectivity index (χ4v) is 10.0. The summed E-state index contributed by atoms with van der Waals surface area (Å²) in [5.41, 5.74) is 19.8. The van der Waals surface area contributed by atoms with Crippen LogP contribution in [0.4, 0.5) is 17.1 Å². The second-order valence-electron chi connectivity index (χ2n) is 17.3. The van der Waals surface area contributed by atoms with Gasteiger partial charge in [-0.3, -0.25) is 0 Å². The summed E-state index contributed by atoms with van der Waals surface area (Å²) in [6, 6.07) is 81.7. The van der Waals surface area contributed by atoms with E-state index in [0.717, 1.165) is 44.6 Å². The monoisotopic (exact) mass is 805 g/mol. The number of anilines is 3. The number of nitrogens with zero attached hydrogens (tertiary/aromatic N) is 1. The smallest absolute Gasteiger partial charge is 0.136 e. The molecule has 1 heterocycles. The van der Waals surface area contributed by atoms with Crippen molar-refractivity contribution in [2.75, 3.05) is 4.90 Å². The van der Waals surface area contributed by atoms with E-state index in [4.69, 9.17) is 4.42 Å². The number of para-hydroxylation sites is 1. The van der Waals surface area contributed by atoms with Crippen molar-refractivity contribution >= 4 is 49.8 Å². The summed E-state index contributed by atoms with van der Waals surface area (Å²) in [6.07, 6.45) is 0. The molecule has 298 valence electrons. The topological polar surface area (TPSA) is 16.4 Å². The van der Waals surface area contributed by atoms with Gasteiger partial charge in [-0.2, -0.15) is 0 Å². The highest BCUT2D eigenvalue weighted by Gasteiger charge is 2.36. The first kappa shape index (κ1) is 36.9. The highest BCUT2D eigenvalue weighted by atomic mass is 16.3. The molecule has 0 amide bonds. The first-order valence-corrected chi connectivity index (χ1v) is 21.8. The molecule has 1 aliphatic carbocycles. The van der Waals surface area contributed by atoms with E-state index in [0.29, 0.717) is 0 Å². The highest BCUT2D eigenvalue weighted by molar-refractivity contribution is 6.07. The van der Waals surface area contributed by atoms with Crippen LogP contribution < -0.4 is 4.90 Å². The van der Waals surface area contributed by atoms with E-state index in [9.17, 15) is 0 Å². The largest absolute Gasteiger partial charge is 0.456 e. The molecule has 0 spiro atoms. The van der Waals surface area contributed by atoms with Gasteiger partial charge in [0, 0.05) is 32.9 Å². The summed E-state index contributed by atoms with van der Waals surface area (Å²) >= 11 is 0. The van der Waals surface area contributed by atoms with Crippen LogP contribution in [0.15, 0.2) is 229 Å². The van der Waals surface area contributed by atoms with Crippen molar-refractivity contribution in [3.05, 3.63) is 236 Å². The van der Waals surface area contributed by atoms with E-state index < -0.39 is 0 Å². The Bertz CT molecular complexity index is 3510. The van der Waals surface area contributed by atoms with E-state index in [1.54, 1.807) is 0 Å². The van der Waals surface area contributed by atoms with Gasteiger partial charge in [0.1, 0.15) is 11.2 Å². The second-order valence-corrected chi connectivity index (χ2v) is 17.3. The van der Waals surface area contributed by atoms with Gasteiger partial charge in [0.15, 0.2) is 0 Å². The standard InChI is InChI=1S/C61H43NO/c1-61(2)56-37-45(46-28-33-55-54-19-11-12-20-59(54)63-60(55)38-46)27-32-51(56)52-34-31-48(39-57(52)61)62(58-36-35-49(44-15-7-4-8-16-44)50-17-9-10-18-53(50)58)47-29-25-43(26-30-47)42-23-21-41(22-24-42)40-13-5-3-6-14-40/h3-39H,1-2H3. The third kappa shape index (κ3) is 6.17. The van der Waals surface area contributed by atoms with Gasteiger partial charge in [0.05, 0.1) is 5.69 Å². The Morgan fingerprint density at radius 3 is 1.51 bits per heavy atom. The molecule has 1 aromatic heterocycles. The van der Waals surface area contributed by atoms with Gasteiger partial charge >= 0.3 is 0 Å². The Kier molecular flexibility index (Phi) is 8.55. The molecule has 0 unspecified atom stereocenters. The normalized spacial score (nSPS) is 12.7. The lowest BCUT2D eigenvalue weighted by Crippen LogP contribution is -2.17. The number of benzene rings is 10. The average Bonchev–Trinajstić information content (AvgIpc) is 3.83. The minimum Gasteiger partial charge on any atom is -0.456 e. The predicted molar refractivity (Wildman–Crippen MR) is 265 cm³/mol. The maximum absolute atomic E-state index is 6.31. The van der Waals surface area contributed by atoms with Crippen LogP contribution in [-0.4, -0.2) is 0 Å². The number of hydrogen-bond donors (Lipinski definition) is 0. The van der Waals surface area contributed by atoms with Crippen LogP contribution in [0.5, 0.6) is 0 Å².